The van der Waals surface area contributed by atoms with Gasteiger partial charge in [0.2, 0.25) is 11.8 Å². The van der Waals surface area contributed by atoms with E-state index in [-0.39, 0.29) is 0 Å². The molecule has 1 aliphatic rings. The van der Waals surface area contributed by atoms with Crippen LogP contribution in [0.3, 0.4) is 0 Å². The summed E-state index contributed by atoms with van der Waals surface area (Å²) in [4.78, 5) is 8.99. The first kappa shape index (κ1) is 18.5. The highest BCUT2D eigenvalue weighted by Crippen LogP contribution is 2.34. The van der Waals surface area contributed by atoms with Gasteiger partial charge in [-0.15, -0.1) is 10.2 Å². The van der Waals surface area contributed by atoms with Gasteiger partial charge in [-0.25, -0.2) is 14.4 Å². The van der Waals surface area contributed by atoms with Crippen LogP contribution >= 0.6 is 0 Å². The second-order valence-electron chi connectivity index (χ2n) is 8.03. The Hall–Kier alpha value is -3.49. The largest absolute Gasteiger partial charge is 0.478 e. The van der Waals surface area contributed by atoms with Gasteiger partial charge < -0.3 is 10.1 Å². The van der Waals surface area contributed by atoms with Crippen LogP contribution in [0.4, 0.5) is 11.8 Å². The molecule has 0 saturated carbocycles. The number of hydrogen-bond donors (Lipinski definition) is 1. The van der Waals surface area contributed by atoms with Crippen molar-refractivity contribution in [1.29, 1.82) is 0 Å². The maximum Gasteiger partial charge on any atom is 0.228 e. The predicted molar refractivity (Wildman–Crippen MR) is 113 cm³/mol. The monoisotopic (exact) mass is 404 g/mol. The number of rotatable bonds is 5. The Morgan fingerprint density at radius 1 is 1.20 bits per heavy atom. The molecule has 9 nitrogen and oxygen atoms in total. The fourth-order valence-electron chi connectivity index (χ4n) is 3.94. The van der Waals surface area contributed by atoms with Crippen molar-refractivity contribution in [2.45, 2.75) is 32.6 Å². The second-order valence-corrected chi connectivity index (χ2v) is 8.03. The summed E-state index contributed by atoms with van der Waals surface area (Å²) in [6.45, 7) is 5.14. The number of nitrogens with zero attached hydrogens (tertiary/aromatic N) is 7. The first-order chi connectivity index (χ1) is 14.6. The van der Waals surface area contributed by atoms with Crippen molar-refractivity contribution in [3.8, 4) is 17.1 Å². The summed E-state index contributed by atoms with van der Waals surface area (Å²) in [5, 5.41) is 16.3. The Morgan fingerprint density at radius 2 is 2.10 bits per heavy atom. The lowest BCUT2D eigenvalue weighted by molar-refractivity contribution is 0.290. The minimum atomic E-state index is 0.348. The summed E-state index contributed by atoms with van der Waals surface area (Å²) in [7, 11) is 1.86. The van der Waals surface area contributed by atoms with Crippen LogP contribution in [0.2, 0.25) is 0 Å². The van der Waals surface area contributed by atoms with E-state index in [1.54, 1.807) is 17.1 Å². The third-order valence-corrected chi connectivity index (χ3v) is 5.35. The molecule has 9 heteroatoms. The van der Waals surface area contributed by atoms with Gasteiger partial charge in [-0.3, -0.25) is 4.68 Å². The van der Waals surface area contributed by atoms with E-state index in [0.29, 0.717) is 24.4 Å². The molecule has 5 heterocycles. The number of ether oxygens (including phenoxy) is 1. The van der Waals surface area contributed by atoms with Crippen LogP contribution in [0.1, 0.15) is 38.4 Å². The average molecular weight is 404 g/mol. The van der Waals surface area contributed by atoms with Gasteiger partial charge in [-0.2, -0.15) is 5.10 Å². The van der Waals surface area contributed by atoms with Gasteiger partial charge >= 0.3 is 0 Å². The Morgan fingerprint density at radius 3 is 2.90 bits per heavy atom. The minimum absolute atomic E-state index is 0.348. The van der Waals surface area contributed by atoms with Crippen molar-refractivity contribution >= 4 is 17.4 Å². The van der Waals surface area contributed by atoms with Gasteiger partial charge in [0, 0.05) is 36.9 Å². The van der Waals surface area contributed by atoms with Crippen LogP contribution in [-0.2, 0) is 7.05 Å². The van der Waals surface area contributed by atoms with Crippen molar-refractivity contribution < 1.29 is 4.74 Å². The molecule has 0 unspecified atom stereocenters. The summed E-state index contributed by atoms with van der Waals surface area (Å²) in [5.74, 6) is 4.00. The molecule has 4 aromatic heterocycles. The molecule has 1 aliphatic heterocycles. The normalized spacial score (nSPS) is 15.9. The summed E-state index contributed by atoms with van der Waals surface area (Å²) in [5.41, 5.74) is 2.46. The van der Waals surface area contributed by atoms with Crippen molar-refractivity contribution in [3.63, 3.8) is 0 Å². The molecular weight excluding hydrogens is 380 g/mol. The zero-order chi connectivity index (χ0) is 20.7. The van der Waals surface area contributed by atoms with Gasteiger partial charge in [0.15, 0.2) is 5.65 Å². The number of aryl methyl sites for hydroxylation is 1. The lowest BCUT2D eigenvalue weighted by Crippen LogP contribution is -2.07. The third kappa shape index (κ3) is 3.36. The first-order valence-electron chi connectivity index (χ1n) is 10.2. The van der Waals surface area contributed by atoms with E-state index in [0.717, 1.165) is 47.3 Å². The highest BCUT2D eigenvalue weighted by molar-refractivity contribution is 5.67. The highest BCUT2D eigenvalue weighted by Gasteiger charge is 2.25. The lowest BCUT2D eigenvalue weighted by atomic mass is 9.94. The smallest absolute Gasteiger partial charge is 0.228 e. The van der Waals surface area contributed by atoms with E-state index in [9.17, 15) is 0 Å². The average Bonchev–Trinajstić information content (AvgIpc) is 3.28. The van der Waals surface area contributed by atoms with Gasteiger partial charge in [0.05, 0.1) is 18.5 Å². The van der Waals surface area contributed by atoms with E-state index < -0.39 is 0 Å². The highest BCUT2D eigenvalue weighted by atomic mass is 16.5. The summed E-state index contributed by atoms with van der Waals surface area (Å²) < 4.78 is 9.87. The van der Waals surface area contributed by atoms with Crippen LogP contribution in [0, 0.1) is 5.92 Å². The quantitative estimate of drug-likeness (QED) is 0.543. The number of anilines is 2. The molecule has 0 bridgehead atoms. The van der Waals surface area contributed by atoms with Crippen molar-refractivity contribution in [2.75, 3.05) is 11.9 Å². The van der Waals surface area contributed by atoms with Crippen molar-refractivity contribution in [1.82, 2.24) is 34.3 Å². The standard InChI is InChI=1S/C21H24N8O/c1-13(2)10-14-6-9-30-19-12-15(11-18-26-27-20(14)29(18)19)16-4-7-22-21(24-16)25-17-5-8-23-28(17)3/h4-5,7-8,11-14H,6,9-10H2,1-3H3,(H,22,24,25)/t14-/m1/s1. The molecule has 154 valence electrons. The molecule has 30 heavy (non-hydrogen) atoms. The van der Waals surface area contributed by atoms with Crippen LogP contribution in [0.15, 0.2) is 36.7 Å². The molecule has 1 N–H and O–H groups in total. The molecule has 0 aromatic carbocycles. The SMILES string of the molecule is CC(C)C[C@H]1CCOc2cc(-c3ccnc(Nc4ccnn4C)n3)cc3nnc1n23. The molecular formula is C21H24N8O. The number of nitrogens with one attached hydrogen (secondary N) is 1. The van der Waals surface area contributed by atoms with E-state index in [1.165, 1.54) is 0 Å². The second kappa shape index (κ2) is 7.40. The molecule has 0 fully saturated rings. The lowest BCUT2D eigenvalue weighted by Gasteiger charge is -2.14. The topological polar surface area (TPSA) is 95.0 Å². The van der Waals surface area contributed by atoms with Gasteiger partial charge in [0.1, 0.15) is 11.6 Å². The number of hydrogen-bond acceptors (Lipinski definition) is 7. The molecule has 0 spiro atoms. The molecule has 4 aromatic rings. The fraction of sp³-hybridized carbons (Fsp3) is 0.381. The van der Waals surface area contributed by atoms with Gasteiger partial charge in [-0.05, 0) is 30.9 Å². The van der Waals surface area contributed by atoms with Gasteiger partial charge in [0.25, 0.3) is 0 Å². The van der Waals surface area contributed by atoms with E-state index in [2.05, 4.69) is 44.4 Å². The zero-order valence-electron chi connectivity index (χ0n) is 17.3. The Bertz CT molecular complexity index is 1190. The molecule has 0 radical (unpaired) electrons. The minimum Gasteiger partial charge on any atom is -0.478 e. The van der Waals surface area contributed by atoms with Crippen LogP contribution in [0.25, 0.3) is 16.9 Å². The van der Waals surface area contributed by atoms with Crippen LogP contribution in [0.5, 0.6) is 5.88 Å². The third-order valence-electron chi connectivity index (χ3n) is 5.35. The van der Waals surface area contributed by atoms with Crippen LogP contribution < -0.4 is 10.1 Å². The molecule has 0 saturated heterocycles. The van der Waals surface area contributed by atoms with Gasteiger partial charge in [-0.1, -0.05) is 13.8 Å². The molecule has 5 rings (SSSR count). The first-order valence-corrected chi connectivity index (χ1v) is 10.2. The Balaban J connectivity index is 1.52. The maximum absolute atomic E-state index is 6.10. The summed E-state index contributed by atoms with van der Waals surface area (Å²) in [6, 6.07) is 7.75. The number of pyridine rings is 1. The van der Waals surface area contributed by atoms with E-state index >= 15 is 0 Å². The molecule has 1 atom stereocenters. The fourth-order valence-corrected chi connectivity index (χ4v) is 3.94. The van der Waals surface area contributed by atoms with E-state index in [1.807, 2.05) is 35.7 Å². The molecule has 0 amide bonds. The Labute approximate surface area is 174 Å². The Kier molecular flexibility index (Phi) is 4.57. The number of aromatic nitrogens is 7. The summed E-state index contributed by atoms with van der Waals surface area (Å²) in [6.07, 6.45) is 5.47. The predicted octanol–water partition coefficient (Wildman–Crippen LogP) is 3.58. The van der Waals surface area contributed by atoms with Crippen molar-refractivity contribution in [2.24, 2.45) is 13.0 Å². The maximum atomic E-state index is 6.10. The van der Waals surface area contributed by atoms with Crippen LogP contribution in [-0.4, -0.2) is 41.0 Å². The summed E-state index contributed by atoms with van der Waals surface area (Å²) >= 11 is 0. The van der Waals surface area contributed by atoms with Crippen molar-refractivity contribution in [3.05, 3.63) is 42.5 Å². The van der Waals surface area contributed by atoms with E-state index in [4.69, 9.17) is 4.74 Å². The zero-order valence-corrected chi connectivity index (χ0v) is 17.3. The molecule has 0 aliphatic carbocycles.